The molecule has 0 radical (unpaired) electrons. The molecule has 3 rings (SSSR count). The molecule has 1 unspecified atom stereocenters. The molecule has 4 heteroatoms. The largest absolute Gasteiger partial charge is 0.490 e. The summed E-state index contributed by atoms with van der Waals surface area (Å²) in [6, 6.07) is 5.53. The third-order valence-electron chi connectivity index (χ3n) is 3.70. The number of hydrogen-bond acceptors (Lipinski definition) is 4. The molecule has 0 aliphatic carbocycles. The predicted octanol–water partition coefficient (Wildman–Crippen LogP) is 2.03. The quantitative estimate of drug-likeness (QED) is 0.828. The van der Waals surface area contributed by atoms with Crippen LogP contribution in [0, 0.1) is 5.92 Å². The Labute approximate surface area is 113 Å². The van der Waals surface area contributed by atoms with Crippen LogP contribution >= 0.6 is 0 Å². The van der Waals surface area contributed by atoms with E-state index in [1.54, 1.807) is 0 Å². The summed E-state index contributed by atoms with van der Waals surface area (Å²) in [5.74, 6) is 1.75. The minimum absolute atomic E-state index is 0.0958. The van der Waals surface area contributed by atoms with Crippen molar-refractivity contribution in [3.8, 4) is 11.5 Å². The minimum Gasteiger partial charge on any atom is -0.490 e. The summed E-state index contributed by atoms with van der Waals surface area (Å²) < 4.78 is 11.2. The van der Waals surface area contributed by atoms with Crippen molar-refractivity contribution in [1.82, 2.24) is 5.32 Å². The highest BCUT2D eigenvalue weighted by atomic mass is 16.5. The molecule has 0 saturated carbocycles. The lowest BCUT2D eigenvalue weighted by molar-refractivity contribution is 0.0899. The highest BCUT2D eigenvalue weighted by molar-refractivity contribution is 5.98. The molecule has 2 heterocycles. The number of Topliss-reactive ketones (excluding diaryl/α,β-unsaturated/α-hetero) is 1. The molecule has 1 aromatic rings. The maximum atomic E-state index is 12.4. The number of fused-ring (bicyclic) bond motifs is 1. The standard InChI is InChI=1S/C15H19NO3/c17-15(12-3-1-6-16-10-12)11-4-5-13-14(9-11)19-8-2-7-18-13/h4-5,9,12,16H,1-3,6-8,10H2. The Hall–Kier alpha value is -1.55. The van der Waals surface area contributed by atoms with Crippen molar-refractivity contribution in [2.75, 3.05) is 26.3 Å². The van der Waals surface area contributed by atoms with E-state index in [0.29, 0.717) is 19.0 Å². The van der Waals surface area contributed by atoms with Gasteiger partial charge in [0.2, 0.25) is 0 Å². The second-order valence-corrected chi connectivity index (χ2v) is 5.12. The van der Waals surface area contributed by atoms with Gasteiger partial charge in [-0.15, -0.1) is 0 Å². The van der Waals surface area contributed by atoms with Crippen LogP contribution in [0.3, 0.4) is 0 Å². The highest BCUT2D eigenvalue weighted by Gasteiger charge is 2.23. The van der Waals surface area contributed by atoms with E-state index in [2.05, 4.69) is 5.32 Å². The number of rotatable bonds is 2. The zero-order valence-corrected chi connectivity index (χ0v) is 11.0. The number of ether oxygens (including phenoxy) is 2. The molecule has 1 aromatic carbocycles. The maximum absolute atomic E-state index is 12.4. The number of carbonyl (C=O) groups is 1. The SMILES string of the molecule is O=C(c1ccc2c(c1)OCCCO2)C1CCCNC1. The van der Waals surface area contributed by atoms with E-state index >= 15 is 0 Å². The van der Waals surface area contributed by atoms with Gasteiger partial charge >= 0.3 is 0 Å². The molecule has 2 aliphatic rings. The van der Waals surface area contributed by atoms with Gasteiger partial charge < -0.3 is 14.8 Å². The first kappa shape index (κ1) is 12.5. The lowest BCUT2D eigenvalue weighted by Crippen LogP contribution is -2.34. The molecule has 1 fully saturated rings. The average Bonchev–Trinajstić information content (AvgIpc) is 2.72. The Morgan fingerprint density at radius 2 is 2.00 bits per heavy atom. The van der Waals surface area contributed by atoms with Crippen molar-refractivity contribution in [2.24, 2.45) is 5.92 Å². The second kappa shape index (κ2) is 5.61. The van der Waals surface area contributed by atoms with Gasteiger partial charge in [-0.3, -0.25) is 4.79 Å². The fourth-order valence-corrected chi connectivity index (χ4v) is 2.63. The lowest BCUT2D eigenvalue weighted by Gasteiger charge is -2.21. The Kier molecular flexibility index (Phi) is 3.69. The summed E-state index contributed by atoms with van der Waals surface area (Å²) in [5, 5.41) is 3.28. The molecule has 2 aliphatic heterocycles. The fourth-order valence-electron chi connectivity index (χ4n) is 2.63. The van der Waals surface area contributed by atoms with Crippen LogP contribution in [0.4, 0.5) is 0 Å². The smallest absolute Gasteiger partial charge is 0.167 e. The summed E-state index contributed by atoms with van der Waals surface area (Å²) in [6.45, 7) is 3.13. The Morgan fingerprint density at radius 1 is 1.16 bits per heavy atom. The normalized spacial score (nSPS) is 22.6. The number of hydrogen-bond donors (Lipinski definition) is 1. The van der Waals surface area contributed by atoms with Crippen molar-refractivity contribution in [2.45, 2.75) is 19.3 Å². The molecule has 19 heavy (non-hydrogen) atoms. The molecule has 1 N–H and O–H groups in total. The number of ketones is 1. The molecule has 0 bridgehead atoms. The number of benzene rings is 1. The summed E-state index contributed by atoms with van der Waals surface area (Å²) in [4.78, 5) is 12.4. The number of nitrogens with one attached hydrogen (secondary N) is 1. The van der Waals surface area contributed by atoms with Crippen molar-refractivity contribution in [3.63, 3.8) is 0 Å². The predicted molar refractivity (Wildman–Crippen MR) is 72.0 cm³/mol. The third kappa shape index (κ3) is 2.73. The van der Waals surface area contributed by atoms with Crippen molar-refractivity contribution < 1.29 is 14.3 Å². The van der Waals surface area contributed by atoms with Crippen molar-refractivity contribution in [3.05, 3.63) is 23.8 Å². The lowest BCUT2D eigenvalue weighted by atomic mass is 9.91. The number of piperidine rings is 1. The summed E-state index contributed by atoms with van der Waals surface area (Å²) >= 11 is 0. The summed E-state index contributed by atoms with van der Waals surface area (Å²) in [6.07, 6.45) is 2.92. The van der Waals surface area contributed by atoms with Gasteiger partial charge in [-0.1, -0.05) is 0 Å². The first-order valence-corrected chi connectivity index (χ1v) is 6.99. The zero-order chi connectivity index (χ0) is 13.1. The number of carbonyl (C=O) groups excluding carboxylic acids is 1. The highest BCUT2D eigenvalue weighted by Crippen LogP contribution is 2.31. The average molecular weight is 261 g/mol. The topological polar surface area (TPSA) is 47.6 Å². The van der Waals surface area contributed by atoms with Gasteiger partial charge in [-0.05, 0) is 37.6 Å². The summed E-state index contributed by atoms with van der Waals surface area (Å²) in [7, 11) is 0. The Bertz CT molecular complexity index is 466. The van der Waals surface area contributed by atoms with E-state index in [0.717, 1.165) is 43.7 Å². The molecule has 1 atom stereocenters. The second-order valence-electron chi connectivity index (χ2n) is 5.12. The fraction of sp³-hybridized carbons (Fsp3) is 0.533. The van der Waals surface area contributed by atoms with Gasteiger partial charge in [-0.2, -0.15) is 0 Å². The molecule has 0 spiro atoms. The van der Waals surface area contributed by atoms with Crippen LogP contribution in [-0.2, 0) is 0 Å². The van der Waals surface area contributed by atoms with Crippen LogP contribution in [0.2, 0.25) is 0 Å². The summed E-state index contributed by atoms with van der Waals surface area (Å²) in [5.41, 5.74) is 0.734. The molecule has 4 nitrogen and oxygen atoms in total. The molecule has 0 amide bonds. The van der Waals surface area contributed by atoms with Gasteiger partial charge in [0, 0.05) is 24.4 Å². The molecule has 102 valence electrons. The molecular weight excluding hydrogens is 242 g/mol. The van der Waals surface area contributed by atoms with Crippen LogP contribution in [-0.4, -0.2) is 32.1 Å². The van der Waals surface area contributed by atoms with Crippen molar-refractivity contribution in [1.29, 1.82) is 0 Å². The van der Waals surface area contributed by atoms with Gasteiger partial charge in [0.25, 0.3) is 0 Å². The van der Waals surface area contributed by atoms with E-state index in [-0.39, 0.29) is 11.7 Å². The first-order chi connectivity index (χ1) is 9.34. The van der Waals surface area contributed by atoms with Crippen LogP contribution < -0.4 is 14.8 Å². The minimum atomic E-state index is 0.0958. The molecule has 1 saturated heterocycles. The molecule has 0 aromatic heterocycles. The van der Waals surface area contributed by atoms with E-state index in [1.807, 2.05) is 18.2 Å². The maximum Gasteiger partial charge on any atom is 0.167 e. The van der Waals surface area contributed by atoms with Crippen LogP contribution in [0.5, 0.6) is 11.5 Å². The Morgan fingerprint density at radius 3 is 2.79 bits per heavy atom. The van der Waals surface area contributed by atoms with E-state index < -0.39 is 0 Å². The first-order valence-electron chi connectivity index (χ1n) is 6.99. The van der Waals surface area contributed by atoms with Gasteiger partial charge in [0.15, 0.2) is 17.3 Å². The Balaban J connectivity index is 1.80. The third-order valence-corrected chi connectivity index (χ3v) is 3.70. The van der Waals surface area contributed by atoms with Crippen LogP contribution in [0.15, 0.2) is 18.2 Å². The monoisotopic (exact) mass is 261 g/mol. The van der Waals surface area contributed by atoms with Crippen LogP contribution in [0.25, 0.3) is 0 Å². The van der Waals surface area contributed by atoms with E-state index in [1.165, 1.54) is 0 Å². The van der Waals surface area contributed by atoms with Crippen LogP contribution in [0.1, 0.15) is 29.6 Å². The molecular formula is C15H19NO3. The van der Waals surface area contributed by atoms with Gasteiger partial charge in [-0.25, -0.2) is 0 Å². The van der Waals surface area contributed by atoms with E-state index in [9.17, 15) is 4.79 Å². The van der Waals surface area contributed by atoms with Crippen molar-refractivity contribution >= 4 is 5.78 Å². The van der Waals surface area contributed by atoms with Gasteiger partial charge in [0.05, 0.1) is 13.2 Å². The zero-order valence-electron chi connectivity index (χ0n) is 11.0. The van der Waals surface area contributed by atoms with Gasteiger partial charge in [0.1, 0.15) is 0 Å². The van der Waals surface area contributed by atoms with E-state index in [4.69, 9.17) is 9.47 Å².